The molecule has 2 aromatic heterocycles. The van der Waals surface area contributed by atoms with Crippen molar-refractivity contribution in [1.82, 2.24) is 18.7 Å². The van der Waals surface area contributed by atoms with Crippen LogP contribution >= 0.6 is 11.6 Å². The second-order valence-electron chi connectivity index (χ2n) is 5.91. The van der Waals surface area contributed by atoms with Gasteiger partial charge >= 0.3 is 11.2 Å². The number of hydrogen-bond donors (Lipinski definition) is 0. The van der Waals surface area contributed by atoms with Crippen molar-refractivity contribution in [3.05, 3.63) is 62.0 Å². The molecule has 0 aliphatic rings. The molecule has 1 aromatic carbocycles. The third-order valence-corrected chi connectivity index (χ3v) is 4.09. The fourth-order valence-electron chi connectivity index (χ4n) is 2.52. The predicted molar refractivity (Wildman–Crippen MR) is 89.6 cm³/mol. The summed E-state index contributed by atoms with van der Waals surface area (Å²) in [6, 6.07) is 5.36. The molecule has 0 bridgehead atoms. The summed E-state index contributed by atoms with van der Waals surface area (Å²) in [5, 5.41) is 4.77. The molecule has 120 valence electrons. The van der Waals surface area contributed by atoms with Gasteiger partial charge in [0.1, 0.15) is 0 Å². The summed E-state index contributed by atoms with van der Waals surface area (Å²) in [5.74, 6) is 0.259. The molecule has 3 rings (SSSR count). The first kappa shape index (κ1) is 15.6. The summed E-state index contributed by atoms with van der Waals surface area (Å²) in [7, 11) is 0. The quantitative estimate of drug-likeness (QED) is 0.739. The fraction of sp³-hybridized carbons (Fsp3) is 0.312. The van der Waals surface area contributed by atoms with Gasteiger partial charge in [0.25, 0.3) is 0 Å². The molecule has 0 amide bonds. The van der Waals surface area contributed by atoms with E-state index < -0.39 is 0 Å². The van der Waals surface area contributed by atoms with E-state index in [0.29, 0.717) is 17.3 Å². The van der Waals surface area contributed by atoms with Gasteiger partial charge in [0.15, 0.2) is 0 Å². The third-order valence-electron chi connectivity index (χ3n) is 3.68. The number of fused-ring (bicyclic) bond motifs is 1. The van der Waals surface area contributed by atoms with Crippen LogP contribution in [0.4, 0.5) is 0 Å². The van der Waals surface area contributed by atoms with Crippen molar-refractivity contribution < 1.29 is 0 Å². The third kappa shape index (κ3) is 2.59. The molecule has 0 N–H and O–H groups in total. The van der Waals surface area contributed by atoms with E-state index in [2.05, 4.69) is 5.10 Å². The summed E-state index contributed by atoms with van der Waals surface area (Å²) < 4.78 is 4.07. The van der Waals surface area contributed by atoms with Crippen LogP contribution in [0.1, 0.15) is 19.4 Å². The highest BCUT2D eigenvalue weighted by Crippen LogP contribution is 2.20. The Morgan fingerprint density at radius 2 is 1.96 bits per heavy atom. The molecule has 6 nitrogen and oxygen atoms in total. The normalized spacial score (nSPS) is 11.5. The SMILES string of the molecule is Cc1c(Cl)cccc1-n1ccn2c(=O)n(CC(C)C)nc2c1=O. The van der Waals surface area contributed by atoms with Crippen LogP contribution < -0.4 is 11.2 Å². The molecule has 0 aliphatic heterocycles. The van der Waals surface area contributed by atoms with Crippen molar-refractivity contribution in [1.29, 1.82) is 0 Å². The average molecular weight is 333 g/mol. The number of hydrogen-bond acceptors (Lipinski definition) is 3. The second-order valence-corrected chi connectivity index (χ2v) is 6.32. The highest BCUT2D eigenvalue weighted by molar-refractivity contribution is 6.31. The average Bonchev–Trinajstić information content (AvgIpc) is 2.80. The number of aromatic nitrogens is 4. The largest absolute Gasteiger partial charge is 0.350 e. The van der Waals surface area contributed by atoms with E-state index in [1.807, 2.05) is 26.8 Å². The first-order chi connectivity index (χ1) is 10.9. The highest BCUT2D eigenvalue weighted by atomic mass is 35.5. The molecule has 0 radical (unpaired) electrons. The molecule has 3 aromatic rings. The lowest BCUT2D eigenvalue weighted by atomic mass is 10.2. The fourth-order valence-corrected chi connectivity index (χ4v) is 2.69. The van der Waals surface area contributed by atoms with Gasteiger partial charge in [-0.2, -0.15) is 0 Å². The summed E-state index contributed by atoms with van der Waals surface area (Å²) in [6.45, 7) is 6.29. The van der Waals surface area contributed by atoms with Gasteiger partial charge in [-0.1, -0.05) is 31.5 Å². The van der Waals surface area contributed by atoms with Gasteiger partial charge in [0.05, 0.1) is 5.69 Å². The Balaban J connectivity index is 2.26. The zero-order valence-electron chi connectivity index (χ0n) is 13.2. The van der Waals surface area contributed by atoms with Crippen LogP contribution in [0.3, 0.4) is 0 Å². The molecule has 2 heterocycles. The van der Waals surface area contributed by atoms with Crippen molar-refractivity contribution in [3.63, 3.8) is 0 Å². The minimum atomic E-state index is -0.350. The van der Waals surface area contributed by atoms with Crippen LogP contribution in [0.2, 0.25) is 5.02 Å². The summed E-state index contributed by atoms with van der Waals surface area (Å²) in [5.41, 5.74) is 0.927. The number of benzene rings is 1. The van der Waals surface area contributed by atoms with E-state index in [0.717, 1.165) is 5.56 Å². The maximum absolute atomic E-state index is 12.7. The Kier molecular flexibility index (Phi) is 3.85. The van der Waals surface area contributed by atoms with Crippen molar-refractivity contribution in [2.45, 2.75) is 27.3 Å². The molecule has 0 fully saturated rings. The predicted octanol–water partition coefficient (Wildman–Crippen LogP) is 2.26. The maximum atomic E-state index is 12.7. The van der Waals surface area contributed by atoms with E-state index in [9.17, 15) is 9.59 Å². The monoisotopic (exact) mass is 332 g/mol. The summed E-state index contributed by atoms with van der Waals surface area (Å²) in [4.78, 5) is 25.0. The van der Waals surface area contributed by atoms with Crippen molar-refractivity contribution in [2.24, 2.45) is 5.92 Å². The molecular formula is C16H17ClN4O2. The Labute approximate surface area is 137 Å². The standard InChI is InChI=1S/C16H17ClN4O2/c1-10(2)9-21-16(23)20-8-7-19(15(22)14(20)18-21)13-6-4-5-12(17)11(13)3/h4-8,10H,9H2,1-3H3. The van der Waals surface area contributed by atoms with Crippen molar-refractivity contribution in [2.75, 3.05) is 0 Å². The van der Waals surface area contributed by atoms with Crippen LogP contribution in [-0.4, -0.2) is 18.7 Å². The number of halogens is 1. The zero-order valence-corrected chi connectivity index (χ0v) is 13.9. The molecule has 0 aliphatic carbocycles. The first-order valence-corrected chi connectivity index (χ1v) is 7.74. The van der Waals surface area contributed by atoms with Crippen LogP contribution in [0.5, 0.6) is 0 Å². The molecule has 0 saturated heterocycles. The van der Waals surface area contributed by atoms with Crippen LogP contribution in [0.15, 0.2) is 40.2 Å². The molecule has 23 heavy (non-hydrogen) atoms. The molecule has 0 atom stereocenters. The Hall–Kier alpha value is -2.34. The van der Waals surface area contributed by atoms with E-state index in [-0.39, 0.29) is 22.8 Å². The van der Waals surface area contributed by atoms with E-state index in [1.165, 1.54) is 13.6 Å². The van der Waals surface area contributed by atoms with E-state index >= 15 is 0 Å². The highest BCUT2D eigenvalue weighted by Gasteiger charge is 2.14. The lowest BCUT2D eigenvalue weighted by Crippen LogP contribution is -2.25. The smallest absolute Gasteiger partial charge is 0.279 e. The molecule has 0 saturated carbocycles. The summed E-state index contributed by atoms with van der Waals surface area (Å²) in [6.07, 6.45) is 3.13. The van der Waals surface area contributed by atoms with Crippen LogP contribution in [0.25, 0.3) is 11.3 Å². The zero-order chi connectivity index (χ0) is 16.7. The van der Waals surface area contributed by atoms with Gasteiger partial charge in [-0.05, 0) is 30.5 Å². The Morgan fingerprint density at radius 3 is 2.65 bits per heavy atom. The van der Waals surface area contributed by atoms with E-state index in [4.69, 9.17) is 11.6 Å². The lowest BCUT2D eigenvalue weighted by molar-refractivity contribution is 0.471. The molecule has 0 spiro atoms. The second kappa shape index (κ2) is 5.70. The van der Waals surface area contributed by atoms with Gasteiger partial charge in [0.2, 0.25) is 5.65 Å². The minimum absolute atomic E-state index is 0.109. The van der Waals surface area contributed by atoms with Crippen molar-refractivity contribution in [3.8, 4) is 5.69 Å². The number of rotatable bonds is 3. The Bertz CT molecular complexity index is 997. The van der Waals surface area contributed by atoms with Crippen LogP contribution in [-0.2, 0) is 6.54 Å². The lowest BCUT2D eigenvalue weighted by Gasteiger charge is -2.09. The van der Waals surface area contributed by atoms with Crippen LogP contribution in [0, 0.1) is 12.8 Å². The molecule has 7 heteroatoms. The van der Waals surface area contributed by atoms with Crippen molar-refractivity contribution >= 4 is 17.2 Å². The topological polar surface area (TPSA) is 61.3 Å². The minimum Gasteiger partial charge on any atom is -0.279 e. The Morgan fingerprint density at radius 1 is 1.22 bits per heavy atom. The molecular weight excluding hydrogens is 316 g/mol. The van der Waals surface area contributed by atoms with Gasteiger partial charge in [0, 0.05) is 24.0 Å². The summed E-state index contributed by atoms with van der Waals surface area (Å²) >= 11 is 6.13. The van der Waals surface area contributed by atoms with E-state index in [1.54, 1.807) is 24.5 Å². The number of nitrogens with zero attached hydrogens (tertiary/aromatic N) is 4. The van der Waals surface area contributed by atoms with Gasteiger partial charge in [-0.15, -0.1) is 5.10 Å². The maximum Gasteiger partial charge on any atom is 0.350 e. The first-order valence-electron chi connectivity index (χ1n) is 7.36. The van der Waals surface area contributed by atoms with Gasteiger partial charge < -0.3 is 0 Å². The van der Waals surface area contributed by atoms with Gasteiger partial charge in [-0.3, -0.25) is 9.36 Å². The van der Waals surface area contributed by atoms with Gasteiger partial charge in [-0.25, -0.2) is 13.9 Å². The molecule has 0 unspecified atom stereocenters.